The summed E-state index contributed by atoms with van der Waals surface area (Å²) >= 11 is 0. The van der Waals surface area contributed by atoms with Crippen LogP contribution in [0.25, 0.3) is 0 Å². The molecule has 1 unspecified atom stereocenters. The minimum atomic E-state index is -4.56. The molecule has 230 valence electrons. The smallest absolute Gasteiger partial charge is 0.354 e. The summed E-state index contributed by atoms with van der Waals surface area (Å²) in [5.74, 6) is 0.272. The van der Waals surface area contributed by atoms with Crippen molar-refractivity contribution in [3.8, 4) is 0 Å². The van der Waals surface area contributed by atoms with Crippen molar-refractivity contribution in [2.24, 2.45) is 11.8 Å². The number of halogens is 3. The second-order valence-electron chi connectivity index (χ2n) is 11.9. The van der Waals surface area contributed by atoms with Crippen LogP contribution in [0.15, 0.2) is 30.5 Å². The summed E-state index contributed by atoms with van der Waals surface area (Å²) in [5, 5.41) is 9.29. The molecule has 1 saturated carbocycles. The first kappa shape index (κ1) is 31.7. The van der Waals surface area contributed by atoms with Crippen molar-refractivity contribution in [3.63, 3.8) is 0 Å². The van der Waals surface area contributed by atoms with E-state index in [1.165, 1.54) is 0 Å². The minimum Gasteiger partial charge on any atom is -0.354 e. The van der Waals surface area contributed by atoms with Crippen LogP contribution in [-0.4, -0.2) is 58.9 Å². The van der Waals surface area contributed by atoms with E-state index in [9.17, 15) is 22.8 Å². The molecule has 0 bridgehead atoms. The third-order valence-electron chi connectivity index (χ3n) is 8.40. The van der Waals surface area contributed by atoms with Gasteiger partial charge in [0.15, 0.2) is 0 Å². The highest BCUT2D eigenvalue weighted by atomic mass is 19.4. The molecule has 1 aromatic heterocycles. The van der Waals surface area contributed by atoms with Gasteiger partial charge in [0, 0.05) is 36.9 Å². The van der Waals surface area contributed by atoms with Gasteiger partial charge < -0.3 is 20.9 Å². The van der Waals surface area contributed by atoms with Gasteiger partial charge in [-0.15, -0.1) is 0 Å². The number of benzene rings is 1. The van der Waals surface area contributed by atoms with E-state index in [1.807, 2.05) is 37.9 Å². The molecule has 0 radical (unpaired) electrons. The Morgan fingerprint density at radius 3 is 2.48 bits per heavy atom. The molecule has 8 nitrogen and oxygen atoms in total. The number of carbonyl (C=O) groups excluding carboxylic acids is 2. The Kier molecular flexibility index (Phi) is 10.8. The molecule has 42 heavy (non-hydrogen) atoms. The van der Waals surface area contributed by atoms with Gasteiger partial charge in [-0.3, -0.25) is 9.59 Å². The molecule has 1 aliphatic carbocycles. The molecule has 2 heterocycles. The fourth-order valence-corrected chi connectivity index (χ4v) is 6.09. The van der Waals surface area contributed by atoms with Crippen molar-refractivity contribution in [1.29, 1.82) is 0 Å². The van der Waals surface area contributed by atoms with Crippen molar-refractivity contribution in [3.05, 3.63) is 47.3 Å². The number of nitrogens with one attached hydrogen (secondary N) is 3. The number of carbonyl (C=O) groups is 2. The molecule has 2 aliphatic rings. The number of hydrogen-bond donors (Lipinski definition) is 3. The van der Waals surface area contributed by atoms with E-state index < -0.39 is 11.7 Å². The Balaban J connectivity index is 1.36. The van der Waals surface area contributed by atoms with Gasteiger partial charge in [-0.2, -0.15) is 13.2 Å². The lowest BCUT2D eigenvalue weighted by molar-refractivity contribution is -0.138. The lowest BCUT2D eigenvalue weighted by Gasteiger charge is -2.31. The number of aryl methyl sites for hydroxylation is 1. The summed E-state index contributed by atoms with van der Waals surface area (Å²) in [5.41, 5.74) is 0.589. The number of anilines is 2. The molecule has 1 aliphatic heterocycles. The summed E-state index contributed by atoms with van der Waals surface area (Å²) in [4.78, 5) is 35.3. The van der Waals surface area contributed by atoms with E-state index in [4.69, 9.17) is 0 Å². The Labute approximate surface area is 246 Å². The predicted octanol–water partition coefficient (Wildman–Crippen LogP) is 5.26. The molecule has 1 aromatic carbocycles. The number of nitrogens with zero attached hydrogens (tertiary/aromatic N) is 3. The molecular formula is C31H43F3N6O2. The molecule has 1 saturated heterocycles. The summed E-state index contributed by atoms with van der Waals surface area (Å²) in [6.45, 7) is 5.67. The SMILES string of the molecule is CC(C)NC(=O)[C@H]1CCCC1CCCc1nc(Nc2ccc(CC(=O)N(C)C3CCNCC3)cc2)ncc1C(F)(F)F. The van der Waals surface area contributed by atoms with Gasteiger partial charge in [-0.1, -0.05) is 18.6 Å². The van der Waals surface area contributed by atoms with E-state index in [0.29, 0.717) is 18.5 Å². The van der Waals surface area contributed by atoms with Crippen molar-refractivity contribution in [2.75, 3.05) is 25.5 Å². The minimum absolute atomic E-state index is 0.0428. The van der Waals surface area contributed by atoms with Crippen LogP contribution in [-0.2, 0) is 28.6 Å². The number of amides is 2. The summed E-state index contributed by atoms with van der Waals surface area (Å²) in [6, 6.07) is 7.51. The van der Waals surface area contributed by atoms with Gasteiger partial charge in [0.25, 0.3) is 0 Å². The van der Waals surface area contributed by atoms with Crippen molar-refractivity contribution in [1.82, 2.24) is 25.5 Å². The molecule has 2 aromatic rings. The first-order valence-corrected chi connectivity index (χ1v) is 15.1. The fourth-order valence-electron chi connectivity index (χ4n) is 6.09. The number of aromatic nitrogens is 2. The highest BCUT2D eigenvalue weighted by Crippen LogP contribution is 2.37. The van der Waals surface area contributed by atoms with Crippen molar-refractivity contribution >= 4 is 23.5 Å². The van der Waals surface area contributed by atoms with E-state index >= 15 is 0 Å². The number of rotatable bonds is 11. The van der Waals surface area contributed by atoms with E-state index in [0.717, 1.165) is 57.0 Å². The molecule has 3 N–H and O–H groups in total. The average Bonchev–Trinajstić information content (AvgIpc) is 3.42. The standard InChI is InChI=1S/C31H43F3N6O2/c1-20(2)37-29(42)25-8-4-6-22(25)7-5-9-27-26(31(32,33)34)19-36-30(39-27)38-23-12-10-21(11-13-23)18-28(41)40(3)24-14-16-35-17-15-24/h10-13,19-20,22,24-25,35H,4-9,14-18H2,1-3H3,(H,37,42)(H,36,38,39)/t22?,25-/m0/s1. The summed E-state index contributed by atoms with van der Waals surface area (Å²) in [6.07, 6.45) is 2.45. The van der Waals surface area contributed by atoms with Crippen LogP contribution in [0.3, 0.4) is 0 Å². The molecule has 2 atom stereocenters. The van der Waals surface area contributed by atoms with Gasteiger partial charge in [-0.05, 0) is 95.5 Å². The number of alkyl halides is 3. The lowest BCUT2D eigenvalue weighted by atomic mass is 9.89. The maximum absolute atomic E-state index is 13.8. The van der Waals surface area contributed by atoms with Crippen LogP contribution in [0.4, 0.5) is 24.8 Å². The predicted molar refractivity (Wildman–Crippen MR) is 156 cm³/mol. The van der Waals surface area contributed by atoms with Gasteiger partial charge >= 0.3 is 6.18 Å². The van der Waals surface area contributed by atoms with Gasteiger partial charge in [-0.25, -0.2) is 9.97 Å². The van der Waals surface area contributed by atoms with Crippen LogP contribution in [0, 0.1) is 11.8 Å². The van der Waals surface area contributed by atoms with E-state index in [2.05, 4.69) is 25.9 Å². The number of likely N-dealkylation sites (N-methyl/N-ethyl adjacent to an activating group) is 1. The Hall–Kier alpha value is -3.21. The quantitative estimate of drug-likeness (QED) is 0.332. The van der Waals surface area contributed by atoms with Crippen LogP contribution < -0.4 is 16.0 Å². The Morgan fingerprint density at radius 2 is 1.81 bits per heavy atom. The molecule has 4 rings (SSSR count). The first-order valence-electron chi connectivity index (χ1n) is 15.1. The van der Waals surface area contributed by atoms with E-state index in [-0.39, 0.29) is 60.2 Å². The molecule has 2 fully saturated rings. The van der Waals surface area contributed by atoms with Crippen molar-refractivity contribution in [2.45, 2.75) is 89.9 Å². The van der Waals surface area contributed by atoms with Crippen LogP contribution in [0.5, 0.6) is 0 Å². The molecule has 2 amide bonds. The lowest BCUT2D eigenvalue weighted by Crippen LogP contribution is -2.44. The first-order chi connectivity index (χ1) is 20.0. The average molecular weight is 589 g/mol. The van der Waals surface area contributed by atoms with Crippen LogP contribution in [0.2, 0.25) is 0 Å². The van der Waals surface area contributed by atoms with Gasteiger partial charge in [0.1, 0.15) is 0 Å². The zero-order chi connectivity index (χ0) is 30.3. The largest absolute Gasteiger partial charge is 0.419 e. The Morgan fingerprint density at radius 1 is 1.10 bits per heavy atom. The molecule has 11 heteroatoms. The topological polar surface area (TPSA) is 99.2 Å². The van der Waals surface area contributed by atoms with Gasteiger partial charge in [0.2, 0.25) is 17.8 Å². The number of hydrogen-bond acceptors (Lipinski definition) is 6. The zero-order valence-corrected chi connectivity index (χ0v) is 24.8. The highest BCUT2D eigenvalue weighted by Gasteiger charge is 2.36. The molecule has 0 spiro atoms. The summed E-state index contributed by atoms with van der Waals surface area (Å²) < 4.78 is 41.3. The monoisotopic (exact) mass is 588 g/mol. The third kappa shape index (κ3) is 8.65. The maximum Gasteiger partial charge on any atom is 0.419 e. The summed E-state index contributed by atoms with van der Waals surface area (Å²) in [7, 11) is 1.85. The zero-order valence-electron chi connectivity index (χ0n) is 24.8. The normalized spacial score (nSPS) is 19.6. The van der Waals surface area contributed by atoms with Crippen molar-refractivity contribution < 1.29 is 22.8 Å². The highest BCUT2D eigenvalue weighted by molar-refractivity contribution is 5.79. The van der Waals surface area contributed by atoms with Gasteiger partial charge in [0.05, 0.1) is 17.7 Å². The van der Waals surface area contributed by atoms with Crippen LogP contribution in [0.1, 0.15) is 75.6 Å². The van der Waals surface area contributed by atoms with E-state index in [1.54, 1.807) is 12.1 Å². The molecular weight excluding hydrogens is 545 g/mol. The third-order valence-corrected chi connectivity index (χ3v) is 8.40. The Bertz CT molecular complexity index is 1200. The second kappa shape index (κ2) is 14.3. The van der Waals surface area contributed by atoms with Crippen LogP contribution >= 0.6 is 0 Å². The fraction of sp³-hybridized carbons (Fsp3) is 0.613. The maximum atomic E-state index is 13.8. The second-order valence-corrected chi connectivity index (χ2v) is 11.9. The number of piperidine rings is 1.